The third-order valence-corrected chi connectivity index (χ3v) is 3.67. The van der Waals surface area contributed by atoms with Gasteiger partial charge in [-0.1, -0.05) is 22.9 Å². The zero-order chi connectivity index (χ0) is 15.3. The second kappa shape index (κ2) is 6.81. The Bertz CT molecular complexity index is 521. The number of nitro groups is 1. The molecule has 0 spiro atoms. The Morgan fingerprint density at radius 3 is 2.65 bits per heavy atom. The van der Waals surface area contributed by atoms with Gasteiger partial charge < -0.3 is 10.4 Å². The molecule has 1 amide bonds. The van der Waals surface area contributed by atoms with E-state index in [1.807, 2.05) is 13.8 Å². The van der Waals surface area contributed by atoms with E-state index in [0.717, 1.165) is 0 Å². The molecular weight excluding hydrogens is 328 g/mol. The fourth-order valence-electron chi connectivity index (χ4n) is 1.73. The van der Waals surface area contributed by atoms with Gasteiger partial charge in [0.2, 0.25) is 0 Å². The number of nitro benzene ring substituents is 1. The molecule has 1 aromatic rings. The summed E-state index contributed by atoms with van der Waals surface area (Å²) in [6, 6.07) is 4.09. The van der Waals surface area contributed by atoms with Crippen molar-refractivity contribution in [3.8, 4) is 0 Å². The normalized spacial score (nSPS) is 13.6. The molecule has 1 atom stereocenters. The first-order chi connectivity index (χ1) is 9.31. The van der Waals surface area contributed by atoms with Crippen molar-refractivity contribution in [2.24, 2.45) is 0 Å². The lowest BCUT2D eigenvalue weighted by Crippen LogP contribution is -2.46. The van der Waals surface area contributed by atoms with Gasteiger partial charge >= 0.3 is 0 Å². The lowest BCUT2D eigenvalue weighted by molar-refractivity contribution is -0.385. The summed E-state index contributed by atoms with van der Waals surface area (Å²) in [5, 5.41) is 22.6. The zero-order valence-electron chi connectivity index (χ0n) is 11.4. The minimum Gasteiger partial charge on any atom is -0.396 e. The Labute approximate surface area is 125 Å². The van der Waals surface area contributed by atoms with Crippen LogP contribution in [-0.2, 0) is 0 Å². The van der Waals surface area contributed by atoms with Crippen molar-refractivity contribution in [3.63, 3.8) is 0 Å². The number of amides is 1. The van der Waals surface area contributed by atoms with Crippen LogP contribution < -0.4 is 5.32 Å². The predicted octanol–water partition coefficient (Wildman–Crippen LogP) is 2.64. The van der Waals surface area contributed by atoms with E-state index in [1.54, 1.807) is 0 Å². The number of hydrogen-bond acceptors (Lipinski definition) is 4. The summed E-state index contributed by atoms with van der Waals surface area (Å²) in [7, 11) is 0. The highest BCUT2D eigenvalue weighted by molar-refractivity contribution is 9.10. The second-order valence-electron chi connectivity index (χ2n) is 4.80. The van der Waals surface area contributed by atoms with Crippen LogP contribution in [0.25, 0.3) is 0 Å². The van der Waals surface area contributed by atoms with E-state index in [-0.39, 0.29) is 17.9 Å². The molecule has 2 N–H and O–H groups in total. The molecule has 0 aromatic heterocycles. The van der Waals surface area contributed by atoms with Gasteiger partial charge in [-0.25, -0.2) is 0 Å². The maximum Gasteiger partial charge on any atom is 0.271 e. The van der Waals surface area contributed by atoms with Crippen LogP contribution in [0.1, 0.15) is 37.0 Å². The Morgan fingerprint density at radius 1 is 1.50 bits per heavy atom. The number of nitrogens with zero attached hydrogens (tertiary/aromatic N) is 1. The number of rotatable bonds is 6. The minimum atomic E-state index is -0.547. The molecule has 0 saturated carbocycles. The van der Waals surface area contributed by atoms with E-state index in [4.69, 9.17) is 5.11 Å². The number of carbonyl (C=O) groups is 1. The Morgan fingerprint density at radius 2 is 2.15 bits per heavy atom. The van der Waals surface area contributed by atoms with Crippen LogP contribution in [-0.4, -0.2) is 28.1 Å². The molecule has 1 rings (SSSR count). The first-order valence-corrected chi connectivity index (χ1v) is 6.99. The van der Waals surface area contributed by atoms with E-state index < -0.39 is 16.4 Å². The molecule has 0 aliphatic rings. The van der Waals surface area contributed by atoms with Crippen molar-refractivity contribution in [1.29, 1.82) is 0 Å². The fraction of sp³-hybridized carbons (Fsp3) is 0.462. The van der Waals surface area contributed by atoms with Gasteiger partial charge in [0.15, 0.2) is 0 Å². The van der Waals surface area contributed by atoms with Gasteiger partial charge in [-0.2, -0.15) is 0 Å². The number of non-ortho nitro benzene ring substituents is 1. The molecule has 7 heteroatoms. The van der Waals surface area contributed by atoms with Crippen molar-refractivity contribution >= 4 is 27.5 Å². The lowest BCUT2D eigenvalue weighted by Gasteiger charge is -2.29. The number of aliphatic hydroxyl groups excluding tert-OH is 1. The van der Waals surface area contributed by atoms with Crippen LogP contribution in [0.2, 0.25) is 0 Å². The summed E-state index contributed by atoms with van der Waals surface area (Å²) < 4.78 is 0.470. The summed E-state index contributed by atoms with van der Waals surface area (Å²) in [4.78, 5) is 22.4. The van der Waals surface area contributed by atoms with E-state index >= 15 is 0 Å². The smallest absolute Gasteiger partial charge is 0.271 e. The highest BCUT2D eigenvalue weighted by atomic mass is 79.9. The van der Waals surface area contributed by atoms with E-state index in [9.17, 15) is 14.9 Å². The molecule has 0 aliphatic carbocycles. The molecule has 0 aliphatic heterocycles. The molecule has 0 fully saturated rings. The Kier molecular flexibility index (Phi) is 5.64. The van der Waals surface area contributed by atoms with Gasteiger partial charge in [-0.15, -0.1) is 0 Å². The quantitative estimate of drug-likeness (QED) is 0.612. The van der Waals surface area contributed by atoms with Crippen molar-refractivity contribution in [2.75, 3.05) is 6.61 Å². The molecule has 0 radical (unpaired) electrons. The zero-order valence-corrected chi connectivity index (χ0v) is 12.9. The van der Waals surface area contributed by atoms with E-state index in [1.165, 1.54) is 18.2 Å². The number of hydrogen-bond donors (Lipinski definition) is 2. The highest BCUT2D eigenvalue weighted by Gasteiger charge is 2.25. The van der Waals surface area contributed by atoms with E-state index in [0.29, 0.717) is 17.3 Å². The average Bonchev–Trinajstić information content (AvgIpc) is 2.38. The first kappa shape index (κ1) is 16.6. The van der Waals surface area contributed by atoms with Crippen molar-refractivity contribution < 1.29 is 14.8 Å². The Balaban J connectivity index is 3.00. The van der Waals surface area contributed by atoms with Gasteiger partial charge in [0.1, 0.15) is 0 Å². The van der Waals surface area contributed by atoms with Gasteiger partial charge in [0, 0.05) is 34.3 Å². The van der Waals surface area contributed by atoms with Crippen LogP contribution in [0, 0.1) is 10.1 Å². The van der Waals surface area contributed by atoms with Crippen molar-refractivity contribution in [3.05, 3.63) is 38.3 Å². The topological polar surface area (TPSA) is 92.5 Å². The van der Waals surface area contributed by atoms with Gasteiger partial charge in [0.25, 0.3) is 11.6 Å². The van der Waals surface area contributed by atoms with Crippen LogP contribution >= 0.6 is 15.9 Å². The first-order valence-electron chi connectivity index (χ1n) is 6.19. The lowest BCUT2D eigenvalue weighted by atomic mass is 9.94. The molecule has 20 heavy (non-hydrogen) atoms. The third kappa shape index (κ3) is 4.28. The summed E-state index contributed by atoms with van der Waals surface area (Å²) >= 11 is 3.15. The predicted molar refractivity (Wildman–Crippen MR) is 78.7 cm³/mol. The van der Waals surface area contributed by atoms with Crippen molar-refractivity contribution in [2.45, 2.75) is 32.2 Å². The molecular formula is C13H17BrN2O4. The summed E-state index contributed by atoms with van der Waals surface area (Å²) in [5.41, 5.74) is -0.475. The number of aliphatic hydroxyl groups is 1. The molecule has 0 bridgehead atoms. The third-order valence-electron chi connectivity index (χ3n) is 3.21. The number of benzene rings is 1. The largest absolute Gasteiger partial charge is 0.396 e. The standard InChI is InChI=1S/C13H17BrN2O4/c1-3-13(2,4-5-17)15-12(18)9-6-10(14)8-11(7-9)16(19)20/h6-8,17H,3-5H2,1-2H3,(H,15,18). The average molecular weight is 345 g/mol. The van der Waals surface area contributed by atoms with Gasteiger partial charge in [-0.3, -0.25) is 14.9 Å². The molecule has 0 heterocycles. The van der Waals surface area contributed by atoms with Crippen molar-refractivity contribution in [1.82, 2.24) is 5.32 Å². The highest BCUT2D eigenvalue weighted by Crippen LogP contribution is 2.22. The van der Waals surface area contributed by atoms with Crippen LogP contribution in [0.4, 0.5) is 5.69 Å². The summed E-state index contributed by atoms with van der Waals surface area (Å²) in [6.45, 7) is 3.69. The number of halogens is 1. The fourth-order valence-corrected chi connectivity index (χ4v) is 2.21. The molecule has 110 valence electrons. The van der Waals surface area contributed by atoms with Crippen LogP contribution in [0.5, 0.6) is 0 Å². The summed E-state index contributed by atoms with van der Waals surface area (Å²) in [5.74, 6) is -0.396. The molecule has 1 unspecified atom stereocenters. The van der Waals surface area contributed by atoms with Gasteiger partial charge in [-0.05, 0) is 25.8 Å². The maximum atomic E-state index is 12.2. The molecule has 1 aromatic carbocycles. The monoisotopic (exact) mass is 344 g/mol. The second-order valence-corrected chi connectivity index (χ2v) is 5.71. The molecule has 0 saturated heterocycles. The van der Waals surface area contributed by atoms with Crippen LogP contribution in [0.3, 0.4) is 0 Å². The SMILES string of the molecule is CCC(C)(CCO)NC(=O)c1cc(Br)cc([N+](=O)[O-])c1. The summed E-state index contributed by atoms with van der Waals surface area (Å²) in [6.07, 6.45) is 1.07. The maximum absolute atomic E-state index is 12.2. The minimum absolute atomic E-state index is 0.0384. The molecule has 6 nitrogen and oxygen atoms in total. The van der Waals surface area contributed by atoms with Crippen LogP contribution in [0.15, 0.2) is 22.7 Å². The Hall–Kier alpha value is -1.47. The van der Waals surface area contributed by atoms with Gasteiger partial charge in [0.05, 0.1) is 4.92 Å². The number of carbonyl (C=O) groups excluding carboxylic acids is 1. The van der Waals surface area contributed by atoms with E-state index in [2.05, 4.69) is 21.2 Å². The number of nitrogens with one attached hydrogen (secondary N) is 1.